The molecular formula is C18H15NO3S. The molecule has 0 spiro atoms. The van der Waals surface area contributed by atoms with Crippen molar-refractivity contribution in [2.24, 2.45) is 0 Å². The van der Waals surface area contributed by atoms with Crippen molar-refractivity contribution in [3.05, 3.63) is 71.3 Å². The van der Waals surface area contributed by atoms with Gasteiger partial charge in [0.2, 0.25) is 5.91 Å². The number of benzene rings is 2. The van der Waals surface area contributed by atoms with Gasteiger partial charge < -0.3 is 0 Å². The molecule has 0 aliphatic carbocycles. The van der Waals surface area contributed by atoms with E-state index in [-0.39, 0.29) is 22.7 Å². The summed E-state index contributed by atoms with van der Waals surface area (Å²) < 4.78 is 0. The molecule has 2 aromatic rings. The first-order valence-electron chi connectivity index (χ1n) is 7.22. The van der Waals surface area contributed by atoms with Gasteiger partial charge in [-0.15, -0.1) is 0 Å². The molecule has 0 aromatic heterocycles. The third kappa shape index (κ3) is 3.05. The highest BCUT2D eigenvalue weighted by Crippen LogP contribution is 2.32. The van der Waals surface area contributed by atoms with E-state index in [1.165, 1.54) is 0 Å². The highest BCUT2D eigenvalue weighted by atomic mass is 32.2. The molecule has 1 heterocycles. The smallest absolute Gasteiger partial charge is 0.289 e. The van der Waals surface area contributed by atoms with Crippen LogP contribution in [-0.4, -0.2) is 27.6 Å². The average molecular weight is 325 g/mol. The maximum atomic E-state index is 13.0. The topological polar surface area (TPSA) is 54.5 Å². The zero-order chi connectivity index (χ0) is 16.4. The van der Waals surface area contributed by atoms with Gasteiger partial charge in [-0.1, -0.05) is 71.9 Å². The fraction of sp³-hybridized carbons (Fsp3) is 0.167. The summed E-state index contributed by atoms with van der Waals surface area (Å²) in [7, 11) is 0. The third-order valence-electron chi connectivity index (χ3n) is 3.74. The summed E-state index contributed by atoms with van der Waals surface area (Å²) in [6.45, 7) is 1.94. The molecule has 23 heavy (non-hydrogen) atoms. The molecule has 1 aliphatic rings. The molecule has 1 saturated heterocycles. The monoisotopic (exact) mass is 325 g/mol. The minimum absolute atomic E-state index is 0.0867. The molecule has 3 rings (SSSR count). The van der Waals surface area contributed by atoms with E-state index in [0.29, 0.717) is 11.1 Å². The summed E-state index contributed by atoms with van der Waals surface area (Å²) >= 11 is 0.937. The van der Waals surface area contributed by atoms with Crippen molar-refractivity contribution in [3.8, 4) is 0 Å². The number of Topliss-reactive ketones (excluding diaryl/α,β-unsaturated/α-hetero) is 1. The van der Waals surface area contributed by atoms with Gasteiger partial charge >= 0.3 is 0 Å². The van der Waals surface area contributed by atoms with Crippen LogP contribution in [0.15, 0.2) is 54.6 Å². The normalized spacial score (nSPS) is 15.8. The molecule has 2 aromatic carbocycles. The van der Waals surface area contributed by atoms with E-state index in [0.717, 1.165) is 22.2 Å². The van der Waals surface area contributed by atoms with Crippen LogP contribution in [0, 0.1) is 6.92 Å². The Bertz CT molecular complexity index is 740. The quantitative estimate of drug-likeness (QED) is 0.806. The number of thioether (sulfide) groups is 1. The van der Waals surface area contributed by atoms with Gasteiger partial charge in [-0.05, 0) is 12.5 Å². The second kappa shape index (κ2) is 6.38. The summed E-state index contributed by atoms with van der Waals surface area (Å²) in [5, 5.41) is -0.371. The van der Waals surface area contributed by atoms with Crippen molar-refractivity contribution in [1.82, 2.24) is 4.90 Å². The van der Waals surface area contributed by atoms with E-state index in [9.17, 15) is 14.4 Å². The van der Waals surface area contributed by atoms with E-state index in [1.807, 2.05) is 25.1 Å². The van der Waals surface area contributed by atoms with Crippen LogP contribution in [0.25, 0.3) is 0 Å². The average Bonchev–Trinajstić information content (AvgIpc) is 2.89. The summed E-state index contributed by atoms with van der Waals surface area (Å²) in [5.74, 6) is -0.488. The SMILES string of the molecule is Cc1ccc(C(=O)C(c2ccccc2)N2C(=O)CSC2=O)cc1. The molecule has 0 bridgehead atoms. The fourth-order valence-corrected chi connectivity index (χ4v) is 3.27. The molecule has 0 saturated carbocycles. The van der Waals surface area contributed by atoms with Gasteiger partial charge in [0.25, 0.3) is 5.24 Å². The van der Waals surface area contributed by atoms with Gasteiger partial charge in [0, 0.05) is 5.56 Å². The van der Waals surface area contributed by atoms with Crippen LogP contribution in [0.2, 0.25) is 0 Å². The Morgan fingerprint density at radius 1 is 1.04 bits per heavy atom. The fourth-order valence-electron chi connectivity index (χ4n) is 2.54. The highest BCUT2D eigenvalue weighted by molar-refractivity contribution is 8.14. The molecule has 2 amide bonds. The molecular weight excluding hydrogens is 310 g/mol. The van der Waals surface area contributed by atoms with Gasteiger partial charge in [0.1, 0.15) is 6.04 Å². The lowest BCUT2D eigenvalue weighted by molar-refractivity contribution is -0.125. The number of hydrogen-bond donors (Lipinski definition) is 0. The number of hydrogen-bond acceptors (Lipinski definition) is 4. The molecule has 1 aliphatic heterocycles. The predicted molar refractivity (Wildman–Crippen MR) is 89.4 cm³/mol. The zero-order valence-electron chi connectivity index (χ0n) is 12.6. The maximum absolute atomic E-state index is 13.0. The van der Waals surface area contributed by atoms with Gasteiger partial charge in [-0.25, -0.2) is 0 Å². The van der Waals surface area contributed by atoms with Crippen LogP contribution >= 0.6 is 11.8 Å². The summed E-state index contributed by atoms with van der Waals surface area (Å²) in [6, 6.07) is 15.2. The Morgan fingerprint density at radius 2 is 1.70 bits per heavy atom. The minimum Gasteiger partial charge on any atom is -0.291 e. The lowest BCUT2D eigenvalue weighted by Crippen LogP contribution is -2.37. The van der Waals surface area contributed by atoms with Crippen LogP contribution in [0.1, 0.15) is 27.5 Å². The van der Waals surface area contributed by atoms with E-state index in [2.05, 4.69) is 0 Å². The Hall–Kier alpha value is -2.40. The van der Waals surface area contributed by atoms with Gasteiger partial charge in [0.15, 0.2) is 5.78 Å². The molecule has 1 unspecified atom stereocenters. The highest BCUT2D eigenvalue weighted by Gasteiger charge is 2.40. The van der Waals surface area contributed by atoms with Crippen LogP contribution < -0.4 is 0 Å². The Labute approximate surface area is 138 Å². The second-order valence-corrected chi connectivity index (χ2v) is 6.29. The molecule has 0 radical (unpaired) electrons. The molecule has 0 N–H and O–H groups in total. The van der Waals surface area contributed by atoms with E-state index < -0.39 is 6.04 Å². The largest absolute Gasteiger partial charge is 0.291 e. The first-order chi connectivity index (χ1) is 11.1. The molecule has 116 valence electrons. The van der Waals surface area contributed by atoms with Crippen LogP contribution in [0.5, 0.6) is 0 Å². The number of ketones is 1. The molecule has 5 heteroatoms. The van der Waals surface area contributed by atoms with Crippen molar-refractivity contribution in [3.63, 3.8) is 0 Å². The number of amides is 2. The van der Waals surface area contributed by atoms with Crippen molar-refractivity contribution >= 4 is 28.7 Å². The lowest BCUT2D eigenvalue weighted by atomic mass is 9.95. The summed E-state index contributed by atoms with van der Waals surface area (Å²) in [4.78, 5) is 38.3. The minimum atomic E-state index is -0.908. The number of carbonyl (C=O) groups is 3. The second-order valence-electron chi connectivity index (χ2n) is 5.36. The van der Waals surface area contributed by atoms with Gasteiger partial charge in [0.05, 0.1) is 5.75 Å². The summed E-state index contributed by atoms with van der Waals surface area (Å²) in [6.07, 6.45) is 0. The van der Waals surface area contributed by atoms with Crippen LogP contribution in [-0.2, 0) is 4.79 Å². The first kappa shape index (κ1) is 15.5. The zero-order valence-corrected chi connectivity index (χ0v) is 13.4. The van der Waals surface area contributed by atoms with E-state index >= 15 is 0 Å². The van der Waals surface area contributed by atoms with Crippen molar-refractivity contribution in [2.75, 3.05) is 5.75 Å². The number of nitrogens with zero attached hydrogens (tertiary/aromatic N) is 1. The predicted octanol–water partition coefficient (Wildman–Crippen LogP) is 3.61. The van der Waals surface area contributed by atoms with Crippen molar-refractivity contribution in [1.29, 1.82) is 0 Å². The maximum Gasteiger partial charge on any atom is 0.289 e. The molecule has 1 fully saturated rings. The standard InChI is InChI=1S/C18H15NO3S/c1-12-7-9-14(10-8-12)17(21)16(13-5-3-2-4-6-13)19-15(20)11-23-18(19)22/h2-10,16H,11H2,1H3. The first-order valence-corrected chi connectivity index (χ1v) is 8.21. The third-order valence-corrected chi connectivity index (χ3v) is 4.58. The van der Waals surface area contributed by atoms with Crippen molar-refractivity contribution < 1.29 is 14.4 Å². The molecule has 1 atom stereocenters. The Morgan fingerprint density at radius 3 is 2.26 bits per heavy atom. The Kier molecular flexibility index (Phi) is 4.30. The van der Waals surface area contributed by atoms with E-state index in [1.54, 1.807) is 36.4 Å². The van der Waals surface area contributed by atoms with Crippen LogP contribution in [0.3, 0.4) is 0 Å². The van der Waals surface area contributed by atoms with Crippen molar-refractivity contribution in [2.45, 2.75) is 13.0 Å². The van der Waals surface area contributed by atoms with Gasteiger partial charge in [-0.3, -0.25) is 19.3 Å². The van der Waals surface area contributed by atoms with Crippen LogP contribution in [0.4, 0.5) is 4.79 Å². The number of carbonyl (C=O) groups excluding carboxylic acids is 3. The number of aryl methyl sites for hydroxylation is 1. The van der Waals surface area contributed by atoms with Gasteiger partial charge in [-0.2, -0.15) is 0 Å². The molecule has 4 nitrogen and oxygen atoms in total. The van der Waals surface area contributed by atoms with E-state index in [4.69, 9.17) is 0 Å². The Balaban J connectivity index is 2.05. The number of rotatable bonds is 4. The summed E-state index contributed by atoms with van der Waals surface area (Å²) in [5.41, 5.74) is 2.17. The lowest BCUT2D eigenvalue weighted by Gasteiger charge is -2.25. The number of imide groups is 1.